The van der Waals surface area contributed by atoms with Crippen LogP contribution in [0.4, 0.5) is 0 Å². The molecular formula is C22H24N8O2S2. The molecule has 2 unspecified atom stereocenters. The highest BCUT2D eigenvalue weighted by molar-refractivity contribution is 7.15. The van der Waals surface area contributed by atoms with Crippen molar-refractivity contribution in [1.29, 1.82) is 5.26 Å². The van der Waals surface area contributed by atoms with Gasteiger partial charge in [-0.1, -0.05) is 5.21 Å². The second-order valence-electron chi connectivity index (χ2n) is 8.55. The van der Waals surface area contributed by atoms with E-state index in [-0.39, 0.29) is 18.5 Å². The average molecular weight is 497 g/mol. The minimum Gasteiger partial charge on any atom is -0.365 e. The number of aromatic amines is 1. The molecule has 0 bridgehead atoms. The molecule has 176 valence electrons. The first-order valence-corrected chi connectivity index (χ1v) is 12.9. The van der Waals surface area contributed by atoms with E-state index in [9.17, 15) is 14.9 Å². The van der Waals surface area contributed by atoms with Crippen LogP contribution in [0.5, 0.6) is 0 Å². The first-order valence-electron chi connectivity index (χ1n) is 11.2. The zero-order valence-electron chi connectivity index (χ0n) is 18.4. The molecule has 1 aliphatic heterocycles. The van der Waals surface area contributed by atoms with Crippen LogP contribution < -0.4 is 11.1 Å². The highest BCUT2D eigenvalue weighted by atomic mass is 32.1. The predicted octanol–water partition coefficient (Wildman–Crippen LogP) is 1.35. The molecule has 12 heteroatoms. The predicted molar refractivity (Wildman–Crippen MR) is 126 cm³/mol. The van der Waals surface area contributed by atoms with Gasteiger partial charge in [-0.3, -0.25) is 9.59 Å². The minimum absolute atomic E-state index is 0.0665. The highest BCUT2D eigenvalue weighted by Crippen LogP contribution is 2.50. The number of aryl methyl sites for hydroxylation is 2. The quantitative estimate of drug-likeness (QED) is 0.417. The Bertz CT molecular complexity index is 1240. The van der Waals surface area contributed by atoms with E-state index in [0.717, 1.165) is 41.0 Å². The number of primary amides is 1. The number of rotatable bonds is 7. The van der Waals surface area contributed by atoms with Gasteiger partial charge in [0.1, 0.15) is 11.5 Å². The maximum Gasteiger partial charge on any atom is 0.258 e. The fourth-order valence-corrected chi connectivity index (χ4v) is 7.57. The van der Waals surface area contributed by atoms with Gasteiger partial charge in [-0.25, -0.2) is 0 Å². The fraction of sp³-hybridized carbons (Fsp3) is 0.455. The van der Waals surface area contributed by atoms with Gasteiger partial charge in [0.05, 0.1) is 17.5 Å². The maximum atomic E-state index is 12.7. The van der Waals surface area contributed by atoms with Crippen molar-refractivity contribution < 1.29 is 9.59 Å². The SMILES string of the molecule is N#CC1CCCN1C(=O)CNCCC1(c2nn[nH]n2)c2sccc2CCc2cc(C(N)=O)sc21. The van der Waals surface area contributed by atoms with Gasteiger partial charge in [-0.05, 0) is 67.3 Å². The smallest absolute Gasteiger partial charge is 0.258 e. The van der Waals surface area contributed by atoms with Crippen LogP contribution in [0, 0.1) is 11.3 Å². The first-order chi connectivity index (χ1) is 16.5. The summed E-state index contributed by atoms with van der Waals surface area (Å²) in [5.41, 5.74) is 7.21. The van der Waals surface area contributed by atoms with Crippen molar-refractivity contribution in [2.24, 2.45) is 5.73 Å². The standard InChI is InChI=1S/C22H24N8O2S2/c23-11-15-2-1-8-30(15)17(31)12-25-7-6-22(21-26-28-29-27-21)18-13(5-9-33-18)3-4-14-10-16(20(24)32)34-19(14)22/h5,9-10,15,25H,1-4,6-8,12H2,(H2,24,32)(H,26,27,28,29). The summed E-state index contributed by atoms with van der Waals surface area (Å²) in [5.74, 6) is 0.0190. The summed E-state index contributed by atoms with van der Waals surface area (Å²) >= 11 is 3.03. The monoisotopic (exact) mass is 496 g/mol. The van der Waals surface area contributed by atoms with E-state index in [1.807, 2.05) is 6.07 Å². The number of tetrazole rings is 1. The molecule has 10 nitrogen and oxygen atoms in total. The van der Waals surface area contributed by atoms with E-state index in [4.69, 9.17) is 5.73 Å². The maximum absolute atomic E-state index is 12.7. The number of nitrogens with two attached hydrogens (primary N) is 1. The Kier molecular flexibility index (Phi) is 6.16. The van der Waals surface area contributed by atoms with Crippen LogP contribution in [0.1, 0.15) is 55.6 Å². The van der Waals surface area contributed by atoms with Crippen molar-refractivity contribution in [3.05, 3.63) is 49.1 Å². The van der Waals surface area contributed by atoms with Gasteiger partial charge in [0.15, 0.2) is 5.82 Å². The van der Waals surface area contributed by atoms with Gasteiger partial charge >= 0.3 is 0 Å². The molecule has 2 amide bonds. The van der Waals surface area contributed by atoms with Crippen LogP contribution in [0.2, 0.25) is 0 Å². The minimum atomic E-state index is -0.709. The van der Waals surface area contributed by atoms with Crippen molar-refractivity contribution in [2.75, 3.05) is 19.6 Å². The molecule has 4 N–H and O–H groups in total. The number of H-pyrrole nitrogens is 1. The van der Waals surface area contributed by atoms with Crippen LogP contribution in [0.3, 0.4) is 0 Å². The summed E-state index contributed by atoms with van der Waals surface area (Å²) in [5, 5.41) is 29.8. The number of thiophene rings is 2. The van der Waals surface area contributed by atoms with Crippen molar-refractivity contribution in [3.8, 4) is 6.07 Å². The molecule has 4 heterocycles. The topological polar surface area (TPSA) is 154 Å². The number of likely N-dealkylation sites (tertiary alicyclic amines) is 1. The molecule has 2 aliphatic rings. The number of hydrogen-bond acceptors (Lipinski definition) is 9. The van der Waals surface area contributed by atoms with Gasteiger partial charge in [-0.15, -0.1) is 32.9 Å². The van der Waals surface area contributed by atoms with Crippen LogP contribution in [0.25, 0.3) is 0 Å². The van der Waals surface area contributed by atoms with Gasteiger partial charge in [0.25, 0.3) is 5.91 Å². The second-order valence-corrected chi connectivity index (χ2v) is 10.5. The number of hydrogen-bond donors (Lipinski definition) is 3. The molecule has 1 fully saturated rings. The van der Waals surface area contributed by atoms with Gasteiger partial charge < -0.3 is 16.0 Å². The number of nitrogens with zero attached hydrogens (tertiary/aromatic N) is 5. The Morgan fingerprint density at radius 3 is 2.97 bits per heavy atom. The molecule has 2 atom stereocenters. The third kappa shape index (κ3) is 3.79. The Labute approximate surface area is 204 Å². The summed E-state index contributed by atoms with van der Waals surface area (Å²) in [6, 6.07) is 5.90. The van der Waals surface area contributed by atoms with Crippen LogP contribution >= 0.6 is 22.7 Å². The summed E-state index contributed by atoms with van der Waals surface area (Å²) in [6.45, 7) is 1.28. The molecular weight excluding hydrogens is 472 g/mol. The zero-order chi connectivity index (χ0) is 23.7. The average Bonchev–Trinajstić information content (AvgIpc) is 3.64. The Hall–Kier alpha value is -3.14. The molecule has 0 radical (unpaired) electrons. The number of carbonyl (C=O) groups excluding carboxylic acids is 2. The lowest BCUT2D eigenvalue weighted by atomic mass is 9.78. The molecule has 1 saturated heterocycles. The number of carbonyl (C=O) groups is 2. The third-order valence-electron chi connectivity index (χ3n) is 6.64. The van der Waals surface area contributed by atoms with Crippen LogP contribution in [-0.2, 0) is 23.1 Å². The normalized spacial score (nSPS) is 21.5. The highest BCUT2D eigenvalue weighted by Gasteiger charge is 2.46. The lowest BCUT2D eigenvalue weighted by molar-refractivity contribution is -0.130. The molecule has 1 aliphatic carbocycles. The molecule has 0 aromatic carbocycles. The lowest BCUT2D eigenvalue weighted by Crippen LogP contribution is -2.42. The van der Waals surface area contributed by atoms with E-state index in [2.05, 4.69) is 43.5 Å². The van der Waals surface area contributed by atoms with Crippen molar-refractivity contribution in [1.82, 2.24) is 30.8 Å². The zero-order valence-corrected chi connectivity index (χ0v) is 20.0. The van der Waals surface area contributed by atoms with E-state index >= 15 is 0 Å². The van der Waals surface area contributed by atoms with Crippen molar-refractivity contribution >= 4 is 34.5 Å². The molecule has 0 saturated carbocycles. The summed E-state index contributed by atoms with van der Waals surface area (Å²) < 4.78 is 0. The second kappa shape index (κ2) is 9.25. The van der Waals surface area contributed by atoms with E-state index in [1.54, 1.807) is 16.2 Å². The number of aromatic nitrogens is 4. The van der Waals surface area contributed by atoms with Crippen LogP contribution in [0.15, 0.2) is 17.5 Å². The molecule has 3 aromatic heterocycles. The lowest BCUT2D eigenvalue weighted by Gasteiger charge is -2.30. The first kappa shape index (κ1) is 22.6. The molecule has 34 heavy (non-hydrogen) atoms. The fourth-order valence-electron chi connectivity index (χ4n) is 5.03. The van der Waals surface area contributed by atoms with E-state index in [1.165, 1.54) is 16.9 Å². The molecule has 3 aromatic rings. The van der Waals surface area contributed by atoms with Gasteiger partial charge in [-0.2, -0.15) is 10.5 Å². The van der Waals surface area contributed by atoms with Gasteiger partial charge in [0, 0.05) is 16.3 Å². The van der Waals surface area contributed by atoms with Gasteiger partial charge in [0.2, 0.25) is 5.91 Å². The number of nitriles is 1. The Morgan fingerprint density at radius 2 is 2.21 bits per heavy atom. The summed E-state index contributed by atoms with van der Waals surface area (Å²) in [7, 11) is 0. The van der Waals surface area contributed by atoms with Crippen molar-refractivity contribution in [2.45, 2.75) is 43.6 Å². The summed E-state index contributed by atoms with van der Waals surface area (Å²) in [4.78, 5) is 29.0. The molecule has 5 rings (SSSR count). The van der Waals surface area contributed by atoms with E-state index < -0.39 is 11.3 Å². The largest absolute Gasteiger partial charge is 0.365 e. The van der Waals surface area contributed by atoms with Crippen LogP contribution in [-0.4, -0.2) is 63.0 Å². The third-order valence-corrected chi connectivity index (χ3v) is 9.11. The Balaban J connectivity index is 1.46. The number of amides is 2. The number of fused-ring (bicyclic) bond motifs is 2. The van der Waals surface area contributed by atoms with E-state index in [0.29, 0.717) is 30.2 Å². The molecule has 0 spiro atoms. The van der Waals surface area contributed by atoms with Crippen molar-refractivity contribution in [3.63, 3.8) is 0 Å². The number of nitrogens with one attached hydrogen (secondary N) is 2. The Morgan fingerprint density at radius 1 is 1.35 bits per heavy atom. The summed E-state index contributed by atoms with van der Waals surface area (Å²) in [6.07, 6.45) is 3.79.